The SMILES string of the molecule is C[C@@H](OC[C@@]1(c2ccccc2)CN(C(F)F)C(=O)N1)c1cc(C(F)(F)F)cc(C(F)(F)F)c1. The molecule has 2 aromatic carbocycles. The lowest BCUT2D eigenvalue weighted by Crippen LogP contribution is -2.45. The van der Waals surface area contributed by atoms with Crippen molar-refractivity contribution in [2.75, 3.05) is 13.2 Å². The van der Waals surface area contributed by atoms with Crippen molar-refractivity contribution < 1.29 is 44.7 Å². The highest BCUT2D eigenvalue weighted by Gasteiger charge is 2.47. The van der Waals surface area contributed by atoms with E-state index in [0.717, 1.165) is 0 Å². The zero-order chi connectivity index (χ0) is 24.6. The van der Waals surface area contributed by atoms with Gasteiger partial charge in [-0.05, 0) is 36.2 Å². The van der Waals surface area contributed by atoms with E-state index in [1.165, 1.54) is 19.1 Å². The van der Waals surface area contributed by atoms with Crippen LogP contribution in [0.4, 0.5) is 39.9 Å². The molecule has 1 N–H and O–H groups in total. The first kappa shape index (κ1) is 24.7. The molecular formula is C21H18F8N2O2. The molecule has 1 saturated heterocycles. The van der Waals surface area contributed by atoms with Crippen LogP contribution in [0, 0.1) is 0 Å². The van der Waals surface area contributed by atoms with Gasteiger partial charge >= 0.3 is 24.9 Å². The molecule has 180 valence electrons. The number of hydrogen-bond donors (Lipinski definition) is 1. The maximum absolute atomic E-state index is 13.2. The number of amides is 2. The molecule has 2 aromatic rings. The Bertz CT molecular complexity index is 962. The summed E-state index contributed by atoms with van der Waals surface area (Å²) in [5.74, 6) is 0. The molecule has 0 aliphatic carbocycles. The second kappa shape index (κ2) is 8.81. The van der Waals surface area contributed by atoms with Crippen LogP contribution in [0.25, 0.3) is 0 Å². The molecule has 4 nitrogen and oxygen atoms in total. The van der Waals surface area contributed by atoms with Gasteiger partial charge in [0.25, 0.3) is 0 Å². The first-order chi connectivity index (χ1) is 15.2. The molecule has 0 saturated carbocycles. The summed E-state index contributed by atoms with van der Waals surface area (Å²) >= 11 is 0. The largest absolute Gasteiger partial charge is 0.416 e. The van der Waals surface area contributed by atoms with Gasteiger partial charge in [0.1, 0.15) is 5.54 Å². The molecule has 2 amide bonds. The van der Waals surface area contributed by atoms with Gasteiger partial charge in [0.15, 0.2) is 0 Å². The smallest absolute Gasteiger partial charge is 0.371 e. The van der Waals surface area contributed by atoms with E-state index in [-0.39, 0.29) is 11.0 Å². The number of carbonyl (C=O) groups excluding carboxylic acids is 1. The van der Waals surface area contributed by atoms with Gasteiger partial charge in [0.05, 0.1) is 30.4 Å². The topological polar surface area (TPSA) is 41.6 Å². The average Bonchev–Trinajstić information content (AvgIpc) is 3.09. The van der Waals surface area contributed by atoms with E-state index < -0.39 is 66.4 Å². The summed E-state index contributed by atoms with van der Waals surface area (Å²) in [4.78, 5) is 12.3. The van der Waals surface area contributed by atoms with Crippen molar-refractivity contribution in [3.63, 3.8) is 0 Å². The van der Waals surface area contributed by atoms with Crippen molar-refractivity contribution in [3.8, 4) is 0 Å². The quantitative estimate of drug-likeness (QED) is 0.409. The fourth-order valence-electron chi connectivity index (χ4n) is 3.50. The zero-order valence-corrected chi connectivity index (χ0v) is 17.0. The molecule has 1 aliphatic rings. The molecule has 0 unspecified atom stereocenters. The lowest BCUT2D eigenvalue weighted by molar-refractivity contribution is -0.143. The zero-order valence-electron chi connectivity index (χ0n) is 17.0. The van der Waals surface area contributed by atoms with E-state index in [2.05, 4.69) is 5.32 Å². The normalized spacial score (nSPS) is 20.3. The lowest BCUT2D eigenvalue weighted by Gasteiger charge is -2.30. The van der Waals surface area contributed by atoms with Crippen LogP contribution in [0.1, 0.15) is 35.3 Å². The Kier molecular flexibility index (Phi) is 6.60. The molecule has 0 aromatic heterocycles. The predicted molar refractivity (Wildman–Crippen MR) is 100 cm³/mol. The van der Waals surface area contributed by atoms with Gasteiger partial charge in [-0.3, -0.25) is 4.90 Å². The van der Waals surface area contributed by atoms with Crippen LogP contribution < -0.4 is 5.32 Å². The van der Waals surface area contributed by atoms with Gasteiger partial charge in [-0.25, -0.2) is 4.79 Å². The number of hydrogen-bond acceptors (Lipinski definition) is 2. The molecule has 1 heterocycles. The van der Waals surface area contributed by atoms with Gasteiger partial charge in [0, 0.05) is 0 Å². The summed E-state index contributed by atoms with van der Waals surface area (Å²) in [6, 6.07) is 7.87. The van der Waals surface area contributed by atoms with Crippen LogP contribution in [0.5, 0.6) is 0 Å². The standard InChI is InChI=1S/C21H18F8N2O2/c1-12(13-7-15(20(24,25)26)9-16(8-13)21(27,28)29)33-11-19(14-5-3-2-4-6-14)10-31(17(22)23)18(32)30-19/h2-9,12,17H,10-11H2,1H3,(H,30,32)/t12-,19-/m1/s1. The lowest BCUT2D eigenvalue weighted by atomic mass is 9.91. The van der Waals surface area contributed by atoms with E-state index in [9.17, 15) is 39.9 Å². The van der Waals surface area contributed by atoms with Gasteiger partial charge in [-0.15, -0.1) is 0 Å². The molecule has 0 bridgehead atoms. The second-order valence-electron chi connectivity index (χ2n) is 7.58. The maximum Gasteiger partial charge on any atom is 0.416 e. The van der Waals surface area contributed by atoms with E-state index in [1.807, 2.05) is 0 Å². The van der Waals surface area contributed by atoms with Crippen LogP contribution in [0.15, 0.2) is 48.5 Å². The number of rotatable bonds is 6. The fourth-order valence-corrected chi connectivity index (χ4v) is 3.50. The predicted octanol–water partition coefficient (Wildman–Crippen LogP) is 5.95. The third-order valence-electron chi connectivity index (χ3n) is 5.27. The second-order valence-corrected chi connectivity index (χ2v) is 7.58. The summed E-state index contributed by atoms with van der Waals surface area (Å²) in [5, 5.41) is 2.42. The number of alkyl halides is 8. The summed E-state index contributed by atoms with van der Waals surface area (Å²) in [7, 11) is 0. The highest BCUT2D eigenvalue weighted by Crippen LogP contribution is 2.38. The molecule has 1 aliphatic heterocycles. The van der Waals surface area contributed by atoms with Gasteiger partial charge in [-0.1, -0.05) is 30.3 Å². The van der Waals surface area contributed by atoms with E-state index in [0.29, 0.717) is 17.7 Å². The van der Waals surface area contributed by atoms with Gasteiger partial charge < -0.3 is 10.1 Å². The average molecular weight is 482 g/mol. The van der Waals surface area contributed by atoms with E-state index in [1.54, 1.807) is 18.2 Å². The number of carbonyl (C=O) groups is 1. The van der Waals surface area contributed by atoms with Crippen LogP contribution in [-0.4, -0.2) is 30.6 Å². The number of halogens is 8. The Labute approximate surface area is 183 Å². The Morgan fingerprint density at radius 3 is 2.00 bits per heavy atom. The highest BCUT2D eigenvalue weighted by molar-refractivity contribution is 5.78. The van der Waals surface area contributed by atoms with Crippen LogP contribution in [0.3, 0.4) is 0 Å². The summed E-state index contributed by atoms with van der Waals surface area (Å²) in [5.41, 5.74) is -4.52. The van der Waals surface area contributed by atoms with Crippen molar-refractivity contribution in [1.29, 1.82) is 0 Å². The number of ether oxygens (including phenoxy) is 1. The van der Waals surface area contributed by atoms with Gasteiger partial charge in [0.2, 0.25) is 0 Å². The minimum absolute atomic E-state index is 0.000608. The minimum Gasteiger partial charge on any atom is -0.371 e. The van der Waals surface area contributed by atoms with E-state index >= 15 is 0 Å². The first-order valence-electron chi connectivity index (χ1n) is 9.56. The van der Waals surface area contributed by atoms with Crippen molar-refractivity contribution in [2.45, 2.75) is 37.5 Å². The molecule has 0 radical (unpaired) electrons. The van der Waals surface area contributed by atoms with Crippen molar-refractivity contribution >= 4 is 6.03 Å². The Hall–Kier alpha value is -2.89. The summed E-state index contributed by atoms with van der Waals surface area (Å²) in [6.07, 6.45) is -11.3. The number of nitrogens with one attached hydrogen (secondary N) is 1. The Morgan fingerprint density at radius 1 is 1.00 bits per heavy atom. The molecule has 0 spiro atoms. The van der Waals surface area contributed by atoms with Crippen molar-refractivity contribution in [1.82, 2.24) is 10.2 Å². The molecule has 33 heavy (non-hydrogen) atoms. The van der Waals surface area contributed by atoms with Crippen LogP contribution >= 0.6 is 0 Å². The third kappa shape index (κ3) is 5.37. The van der Waals surface area contributed by atoms with E-state index in [4.69, 9.17) is 4.74 Å². The summed E-state index contributed by atoms with van der Waals surface area (Å²) in [6.45, 7) is -2.89. The number of benzene rings is 2. The maximum atomic E-state index is 13.2. The Morgan fingerprint density at radius 2 is 1.55 bits per heavy atom. The monoisotopic (exact) mass is 482 g/mol. The van der Waals surface area contributed by atoms with Crippen molar-refractivity contribution in [2.24, 2.45) is 0 Å². The molecule has 2 atom stereocenters. The third-order valence-corrected chi connectivity index (χ3v) is 5.27. The van der Waals surface area contributed by atoms with Gasteiger partial charge in [-0.2, -0.15) is 35.1 Å². The highest BCUT2D eigenvalue weighted by atomic mass is 19.4. The molecular weight excluding hydrogens is 464 g/mol. The molecule has 12 heteroatoms. The molecule has 3 rings (SSSR count). The summed E-state index contributed by atoms with van der Waals surface area (Å²) < 4.78 is 111. The number of nitrogens with zero attached hydrogens (tertiary/aromatic N) is 1. The first-order valence-corrected chi connectivity index (χ1v) is 9.56. The van der Waals surface area contributed by atoms with Crippen LogP contribution in [-0.2, 0) is 22.6 Å². The minimum atomic E-state index is -5.03. The van der Waals surface area contributed by atoms with Crippen molar-refractivity contribution in [3.05, 3.63) is 70.8 Å². The Balaban J connectivity index is 1.92. The fraction of sp³-hybridized carbons (Fsp3) is 0.381. The number of urea groups is 1. The van der Waals surface area contributed by atoms with Crippen LogP contribution in [0.2, 0.25) is 0 Å². The molecule has 1 fully saturated rings.